The molecule has 1 amide bonds. The largest absolute Gasteiger partial charge is 0.394 e. The molecule has 5 nitrogen and oxygen atoms in total. The normalized spacial score (nSPS) is 13.4. The lowest BCUT2D eigenvalue weighted by molar-refractivity contribution is -0.124. The fourth-order valence-corrected chi connectivity index (χ4v) is 7.58. The van der Waals surface area contributed by atoms with E-state index in [1.165, 1.54) is 205 Å². The Kier molecular flexibility index (Phi) is 41.6. The number of aliphatic hydroxyl groups is 3. The van der Waals surface area contributed by atoms with Gasteiger partial charge in [0.2, 0.25) is 5.91 Å². The number of amides is 1. The molecule has 306 valence electrons. The van der Waals surface area contributed by atoms with Crippen molar-refractivity contribution in [2.75, 3.05) is 6.61 Å². The third-order valence-electron chi connectivity index (χ3n) is 11.2. The van der Waals surface area contributed by atoms with E-state index in [4.69, 9.17) is 0 Å². The van der Waals surface area contributed by atoms with Crippen LogP contribution in [0.5, 0.6) is 0 Å². The summed E-state index contributed by atoms with van der Waals surface area (Å²) in [6, 6.07) is -0.802. The molecule has 51 heavy (non-hydrogen) atoms. The van der Waals surface area contributed by atoms with Gasteiger partial charge >= 0.3 is 0 Å². The number of hydrogen-bond acceptors (Lipinski definition) is 4. The zero-order valence-corrected chi connectivity index (χ0v) is 34.8. The van der Waals surface area contributed by atoms with Crippen molar-refractivity contribution in [3.05, 3.63) is 0 Å². The predicted molar refractivity (Wildman–Crippen MR) is 222 cm³/mol. The van der Waals surface area contributed by atoms with Gasteiger partial charge in [-0.05, 0) is 12.8 Å². The van der Waals surface area contributed by atoms with E-state index in [1.807, 2.05) is 0 Å². The maximum atomic E-state index is 12.4. The second kappa shape index (κ2) is 42.1. The number of aliphatic hydroxyl groups excluding tert-OH is 3. The minimum atomic E-state index is -1.13. The Labute approximate surface area is 319 Å². The number of nitrogens with one attached hydrogen (secondary N) is 1. The van der Waals surface area contributed by atoms with E-state index in [0.29, 0.717) is 12.8 Å². The molecule has 0 saturated heterocycles. The second-order valence-electron chi connectivity index (χ2n) is 16.3. The first-order valence-corrected chi connectivity index (χ1v) is 23.3. The zero-order valence-electron chi connectivity index (χ0n) is 34.8. The average Bonchev–Trinajstić information content (AvgIpc) is 3.13. The fourth-order valence-electron chi connectivity index (χ4n) is 7.58. The lowest BCUT2D eigenvalue weighted by atomic mass is 9.99. The standard InChI is InChI=1S/C46H93NO4/c1-3-5-7-9-11-13-15-17-19-20-21-22-23-24-25-26-27-29-31-33-35-37-39-41-45(50)47-43(42-48)46(51)44(49)40-38-36-34-32-30-28-18-16-14-12-10-8-6-4-2/h43-44,46,48-49,51H,3-42H2,1-2H3,(H,47,50)/t43-,44?,46+/m1/s1. The Morgan fingerprint density at radius 1 is 0.412 bits per heavy atom. The van der Waals surface area contributed by atoms with Gasteiger partial charge in [0.1, 0.15) is 6.10 Å². The van der Waals surface area contributed by atoms with Crippen molar-refractivity contribution in [1.29, 1.82) is 0 Å². The maximum Gasteiger partial charge on any atom is 0.220 e. The first-order chi connectivity index (χ1) is 25.1. The van der Waals surface area contributed by atoms with Crippen molar-refractivity contribution >= 4 is 5.91 Å². The number of hydrogen-bond donors (Lipinski definition) is 4. The molecule has 3 atom stereocenters. The van der Waals surface area contributed by atoms with Gasteiger partial charge in [-0.2, -0.15) is 0 Å². The van der Waals surface area contributed by atoms with Crippen LogP contribution in [0.2, 0.25) is 0 Å². The Bertz CT molecular complexity index is 674. The highest BCUT2D eigenvalue weighted by Crippen LogP contribution is 2.17. The molecular weight excluding hydrogens is 631 g/mol. The van der Waals surface area contributed by atoms with Gasteiger partial charge in [0, 0.05) is 6.42 Å². The summed E-state index contributed by atoms with van der Waals surface area (Å²) in [5.41, 5.74) is 0. The highest BCUT2D eigenvalue weighted by molar-refractivity contribution is 5.76. The summed E-state index contributed by atoms with van der Waals surface area (Å²) in [7, 11) is 0. The number of carbonyl (C=O) groups is 1. The van der Waals surface area contributed by atoms with Crippen LogP contribution in [-0.4, -0.2) is 46.1 Å². The smallest absolute Gasteiger partial charge is 0.220 e. The maximum absolute atomic E-state index is 12.4. The van der Waals surface area contributed by atoms with Crippen LogP contribution in [-0.2, 0) is 4.79 Å². The number of carbonyl (C=O) groups excluding carboxylic acids is 1. The molecule has 0 radical (unpaired) electrons. The van der Waals surface area contributed by atoms with Gasteiger partial charge in [0.05, 0.1) is 18.8 Å². The van der Waals surface area contributed by atoms with E-state index in [2.05, 4.69) is 19.2 Å². The van der Waals surface area contributed by atoms with Gasteiger partial charge in [0.15, 0.2) is 0 Å². The predicted octanol–water partition coefficient (Wildman–Crippen LogP) is 13.4. The molecular formula is C46H93NO4. The van der Waals surface area contributed by atoms with E-state index in [9.17, 15) is 20.1 Å². The Morgan fingerprint density at radius 2 is 0.667 bits per heavy atom. The molecule has 0 aliphatic rings. The summed E-state index contributed by atoms with van der Waals surface area (Å²) in [5, 5.41) is 33.6. The van der Waals surface area contributed by atoms with Crippen LogP contribution in [0, 0.1) is 0 Å². The first-order valence-electron chi connectivity index (χ1n) is 23.3. The van der Waals surface area contributed by atoms with Crippen LogP contribution < -0.4 is 5.32 Å². The lowest BCUT2D eigenvalue weighted by Crippen LogP contribution is -2.50. The molecule has 0 bridgehead atoms. The van der Waals surface area contributed by atoms with Crippen molar-refractivity contribution in [3.63, 3.8) is 0 Å². The van der Waals surface area contributed by atoms with Gasteiger partial charge in [-0.15, -0.1) is 0 Å². The minimum Gasteiger partial charge on any atom is -0.394 e. The van der Waals surface area contributed by atoms with Gasteiger partial charge in [-0.3, -0.25) is 4.79 Å². The van der Waals surface area contributed by atoms with E-state index >= 15 is 0 Å². The quantitative estimate of drug-likeness (QED) is 0.0472. The van der Waals surface area contributed by atoms with Gasteiger partial charge < -0.3 is 20.6 Å². The van der Waals surface area contributed by atoms with E-state index in [1.54, 1.807) is 0 Å². The molecule has 0 aliphatic carbocycles. The summed E-state index contributed by atoms with van der Waals surface area (Å²) < 4.78 is 0. The number of rotatable bonds is 43. The third kappa shape index (κ3) is 37.5. The molecule has 0 saturated carbocycles. The van der Waals surface area contributed by atoms with Crippen LogP contribution in [0.3, 0.4) is 0 Å². The molecule has 0 aromatic rings. The van der Waals surface area contributed by atoms with Crippen LogP contribution >= 0.6 is 0 Å². The molecule has 0 rings (SSSR count). The lowest BCUT2D eigenvalue weighted by Gasteiger charge is -2.26. The highest BCUT2D eigenvalue weighted by Gasteiger charge is 2.26. The summed E-state index contributed by atoms with van der Waals surface area (Å²) in [6.07, 6.45) is 47.9. The SMILES string of the molecule is CCCCCCCCCCCCCCCCCCCCCCCCCC(=O)N[C@H](CO)[C@H](O)C(O)CCCCCCCCCCCCCCCC. The van der Waals surface area contributed by atoms with E-state index in [0.717, 1.165) is 32.1 Å². The molecule has 0 aliphatic heterocycles. The van der Waals surface area contributed by atoms with E-state index in [-0.39, 0.29) is 12.5 Å². The van der Waals surface area contributed by atoms with Crippen LogP contribution in [0.1, 0.15) is 264 Å². The third-order valence-corrected chi connectivity index (χ3v) is 11.2. The van der Waals surface area contributed by atoms with Gasteiger partial charge in [-0.1, -0.05) is 245 Å². The van der Waals surface area contributed by atoms with Crippen molar-refractivity contribution in [1.82, 2.24) is 5.32 Å². The molecule has 1 unspecified atom stereocenters. The summed E-state index contributed by atoms with van der Waals surface area (Å²) in [4.78, 5) is 12.4. The number of unbranched alkanes of at least 4 members (excludes halogenated alkanes) is 35. The molecule has 0 fully saturated rings. The minimum absolute atomic E-state index is 0.139. The zero-order chi connectivity index (χ0) is 37.3. The molecule has 4 N–H and O–H groups in total. The first kappa shape index (κ1) is 50.4. The molecule has 5 heteroatoms. The van der Waals surface area contributed by atoms with Crippen LogP contribution in [0.4, 0.5) is 0 Å². The van der Waals surface area contributed by atoms with Crippen molar-refractivity contribution in [2.24, 2.45) is 0 Å². The van der Waals surface area contributed by atoms with Crippen LogP contribution in [0.15, 0.2) is 0 Å². The highest BCUT2D eigenvalue weighted by atomic mass is 16.3. The van der Waals surface area contributed by atoms with Crippen molar-refractivity contribution < 1.29 is 20.1 Å². The summed E-state index contributed by atoms with van der Waals surface area (Å²) in [6.45, 7) is 4.20. The van der Waals surface area contributed by atoms with Crippen molar-refractivity contribution in [3.8, 4) is 0 Å². The molecule has 0 aromatic heterocycles. The summed E-state index contributed by atoms with van der Waals surface area (Å²) >= 11 is 0. The van der Waals surface area contributed by atoms with Crippen LogP contribution in [0.25, 0.3) is 0 Å². The van der Waals surface area contributed by atoms with E-state index < -0.39 is 18.2 Å². The average molecular weight is 724 g/mol. The Balaban J connectivity index is 3.53. The summed E-state index contributed by atoms with van der Waals surface area (Å²) in [5.74, 6) is -0.139. The Hall–Kier alpha value is -0.650. The van der Waals surface area contributed by atoms with Gasteiger partial charge in [-0.25, -0.2) is 0 Å². The monoisotopic (exact) mass is 724 g/mol. The topological polar surface area (TPSA) is 89.8 Å². The fraction of sp³-hybridized carbons (Fsp3) is 0.978. The molecule has 0 aromatic carbocycles. The molecule has 0 heterocycles. The van der Waals surface area contributed by atoms with Gasteiger partial charge in [0.25, 0.3) is 0 Å². The Morgan fingerprint density at radius 3 is 0.941 bits per heavy atom. The van der Waals surface area contributed by atoms with Crippen molar-refractivity contribution in [2.45, 2.75) is 283 Å². The second-order valence-corrected chi connectivity index (χ2v) is 16.3. The molecule has 0 spiro atoms.